The summed E-state index contributed by atoms with van der Waals surface area (Å²) >= 11 is 0. The third-order valence-electron chi connectivity index (χ3n) is 6.95. The number of ether oxygens (including phenoxy) is 2. The molecule has 2 fully saturated rings. The first-order valence-corrected chi connectivity index (χ1v) is 8.72. The zero-order valence-corrected chi connectivity index (χ0v) is 15.1. The lowest BCUT2D eigenvalue weighted by Gasteiger charge is -2.37. The molecule has 2 unspecified atom stereocenters. The molecule has 3 aliphatic rings. The Bertz CT molecular complexity index is 846. The van der Waals surface area contributed by atoms with Crippen LogP contribution in [0.4, 0.5) is 0 Å². The summed E-state index contributed by atoms with van der Waals surface area (Å²) < 4.78 is 10.6. The Morgan fingerprint density at radius 1 is 1.23 bits per heavy atom. The van der Waals surface area contributed by atoms with E-state index in [9.17, 15) is 14.8 Å². The molecule has 0 spiro atoms. The summed E-state index contributed by atoms with van der Waals surface area (Å²) in [4.78, 5) is 26.1. The van der Waals surface area contributed by atoms with Gasteiger partial charge >= 0.3 is 0 Å². The van der Waals surface area contributed by atoms with E-state index in [1.54, 1.807) is 6.07 Å². The maximum atomic E-state index is 13.1. The van der Waals surface area contributed by atoms with Crippen LogP contribution < -0.4 is 14.8 Å². The average molecular weight is 358 g/mol. The standard InChI is InChI=1S/C19H22N2O5/c1-17(2)18(3)6-7-19(17,15(22)14(18)21-24)16(23)20-9-11-4-5-12-13(8-11)26-10-25-12/h4-5,8,24H,6-7,9-10H2,1-3H3,(H,20,23)/b21-14+. The van der Waals surface area contributed by atoms with Crippen molar-refractivity contribution in [3.05, 3.63) is 23.8 Å². The molecular formula is C19H22N2O5. The summed E-state index contributed by atoms with van der Waals surface area (Å²) in [5, 5.41) is 15.5. The van der Waals surface area contributed by atoms with Gasteiger partial charge in [0, 0.05) is 12.0 Å². The van der Waals surface area contributed by atoms with Crippen LogP contribution in [0.2, 0.25) is 0 Å². The summed E-state index contributed by atoms with van der Waals surface area (Å²) in [6.07, 6.45) is 1.10. The van der Waals surface area contributed by atoms with Crippen LogP contribution in [0.5, 0.6) is 11.5 Å². The van der Waals surface area contributed by atoms with Gasteiger partial charge in [0.05, 0.1) is 0 Å². The van der Waals surface area contributed by atoms with Gasteiger partial charge in [-0.25, -0.2) is 0 Å². The first kappa shape index (κ1) is 16.9. The highest BCUT2D eigenvalue weighted by molar-refractivity contribution is 6.50. The van der Waals surface area contributed by atoms with Gasteiger partial charge in [-0.1, -0.05) is 32.0 Å². The fraction of sp³-hybridized carbons (Fsp3) is 0.526. The number of rotatable bonds is 3. The van der Waals surface area contributed by atoms with Crippen LogP contribution in [0.3, 0.4) is 0 Å². The highest BCUT2D eigenvalue weighted by Crippen LogP contribution is 2.69. The molecule has 138 valence electrons. The maximum absolute atomic E-state index is 13.1. The van der Waals surface area contributed by atoms with E-state index in [1.165, 1.54) is 0 Å². The van der Waals surface area contributed by atoms with E-state index in [1.807, 2.05) is 32.9 Å². The van der Waals surface area contributed by atoms with Crippen molar-refractivity contribution in [1.29, 1.82) is 0 Å². The van der Waals surface area contributed by atoms with Gasteiger partial charge in [0.25, 0.3) is 0 Å². The minimum atomic E-state index is -1.19. The van der Waals surface area contributed by atoms with Crippen LogP contribution in [0.25, 0.3) is 0 Å². The van der Waals surface area contributed by atoms with Gasteiger partial charge in [-0.2, -0.15) is 0 Å². The monoisotopic (exact) mass is 358 g/mol. The number of benzene rings is 1. The first-order chi connectivity index (χ1) is 12.3. The number of hydrogen-bond donors (Lipinski definition) is 2. The van der Waals surface area contributed by atoms with Gasteiger partial charge in [-0.3, -0.25) is 9.59 Å². The second-order valence-electron chi connectivity index (χ2n) is 8.01. The molecule has 2 saturated carbocycles. The summed E-state index contributed by atoms with van der Waals surface area (Å²) in [6, 6.07) is 5.48. The molecule has 0 radical (unpaired) electrons. The highest BCUT2D eigenvalue weighted by atomic mass is 16.7. The smallest absolute Gasteiger partial charge is 0.234 e. The number of amides is 1. The van der Waals surface area contributed by atoms with E-state index in [0.717, 1.165) is 5.56 Å². The molecule has 26 heavy (non-hydrogen) atoms. The Morgan fingerprint density at radius 2 is 1.96 bits per heavy atom. The molecular weight excluding hydrogens is 336 g/mol. The topological polar surface area (TPSA) is 97.2 Å². The van der Waals surface area contributed by atoms with Crippen LogP contribution >= 0.6 is 0 Å². The van der Waals surface area contributed by atoms with E-state index in [4.69, 9.17) is 9.47 Å². The number of carbonyl (C=O) groups excluding carboxylic acids is 2. The fourth-order valence-electron chi connectivity index (χ4n) is 4.84. The van der Waals surface area contributed by atoms with E-state index in [-0.39, 0.29) is 30.7 Å². The van der Waals surface area contributed by atoms with Crippen molar-refractivity contribution in [3.63, 3.8) is 0 Å². The molecule has 1 heterocycles. The summed E-state index contributed by atoms with van der Waals surface area (Å²) in [7, 11) is 0. The molecule has 2 atom stereocenters. The number of Topliss-reactive ketones (excluding diaryl/α,β-unsaturated/α-hetero) is 1. The molecule has 4 rings (SSSR count). The van der Waals surface area contributed by atoms with Gasteiger partial charge in [0.1, 0.15) is 11.1 Å². The van der Waals surface area contributed by atoms with Gasteiger partial charge in [-0.05, 0) is 36.0 Å². The number of fused-ring (bicyclic) bond motifs is 3. The van der Waals surface area contributed by atoms with Crippen molar-refractivity contribution >= 4 is 17.4 Å². The zero-order chi connectivity index (χ0) is 18.7. The van der Waals surface area contributed by atoms with Gasteiger partial charge in [0.2, 0.25) is 12.7 Å². The average Bonchev–Trinajstić information content (AvgIpc) is 3.18. The Kier molecular flexibility index (Phi) is 3.39. The van der Waals surface area contributed by atoms with Crippen molar-refractivity contribution in [2.75, 3.05) is 6.79 Å². The molecule has 0 saturated heterocycles. The Balaban J connectivity index is 1.59. The van der Waals surface area contributed by atoms with Crippen LogP contribution in [0.15, 0.2) is 23.4 Å². The lowest BCUT2D eigenvalue weighted by molar-refractivity contribution is -0.144. The normalized spacial score (nSPS) is 32.3. The quantitative estimate of drug-likeness (QED) is 0.491. The second-order valence-corrected chi connectivity index (χ2v) is 8.01. The third-order valence-corrected chi connectivity index (χ3v) is 6.95. The van der Waals surface area contributed by atoms with Crippen LogP contribution in [-0.2, 0) is 16.1 Å². The van der Waals surface area contributed by atoms with Crippen LogP contribution in [0, 0.1) is 16.2 Å². The summed E-state index contributed by atoms with van der Waals surface area (Å²) in [6.45, 7) is 6.20. The molecule has 1 aliphatic heterocycles. The number of carbonyl (C=O) groups is 2. The largest absolute Gasteiger partial charge is 0.454 e. The van der Waals surface area contributed by atoms with Crippen molar-refractivity contribution < 1.29 is 24.3 Å². The minimum Gasteiger partial charge on any atom is -0.454 e. The minimum absolute atomic E-state index is 0.118. The lowest BCUT2D eigenvalue weighted by atomic mass is 9.64. The van der Waals surface area contributed by atoms with E-state index >= 15 is 0 Å². The second kappa shape index (κ2) is 5.22. The molecule has 2 N–H and O–H groups in total. The summed E-state index contributed by atoms with van der Waals surface area (Å²) in [5.74, 6) is 0.658. The van der Waals surface area contributed by atoms with E-state index < -0.39 is 16.2 Å². The van der Waals surface area contributed by atoms with Crippen LogP contribution in [-0.4, -0.2) is 29.4 Å². The van der Waals surface area contributed by atoms with Gasteiger partial charge in [-0.15, -0.1) is 0 Å². The number of nitrogens with one attached hydrogen (secondary N) is 1. The molecule has 2 aliphatic carbocycles. The van der Waals surface area contributed by atoms with E-state index in [2.05, 4.69) is 10.5 Å². The molecule has 2 bridgehead atoms. The number of nitrogens with zero attached hydrogens (tertiary/aromatic N) is 1. The SMILES string of the molecule is CC12CCC(C(=O)NCc3ccc4c(c3)OCO4)(C(=O)/C1=N\O)C2(C)C. The van der Waals surface area contributed by atoms with Gasteiger partial charge < -0.3 is 20.0 Å². The van der Waals surface area contributed by atoms with Crippen molar-refractivity contribution in [2.45, 2.75) is 40.2 Å². The Morgan fingerprint density at radius 3 is 2.65 bits per heavy atom. The van der Waals surface area contributed by atoms with Crippen molar-refractivity contribution in [2.24, 2.45) is 21.4 Å². The van der Waals surface area contributed by atoms with Crippen molar-refractivity contribution in [3.8, 4) is 11.5 Å². The highest BCUT2D eigenvalue weighted by Gasteiger charge is 2.76. The molecule has 1 amide bonds. The molecule has 0 aromatic heterocycles. The Hall–Kier alpha value is -2.57. The maximum Gasteiger partial charge on any atom is 0.234 e. The van der Waals surface area contributed by atoms with Gasteiger partial charge in [0.15, 0.2) is 17.3 Å². The molecule has 7 heteroatoms. The summed E-state index contributed by atoms with van der Waals surface area (Å²) in [5.41, 5.74) is -1.45. The number of ketones is 1. The molecule has 1 aromatic carbocycles. The lowest BCUT2D eigenvalue weighted by Crippen LogP contribution is -2.50. The predicted molar refractivity (Wildman–Crippen MR) is 92.2 cm³/mol. The molecule has 7 nitrogen and oxygen atoms in total. The number of oxime groups is 1. The number of hydrogen-bond acceptors (Lipinski definition) is 6. The Labute approximate surface area is 151 Å². The third kappa shape index (κ3) is 1.80. The van der Waals surface area contributed by atoms with Crippen molar-refractivity contribution in [1.82, 2.24) is 5.32 Å². The predicted octanol–water partition coefficient (Wildman–Crippen LogP) is 2.26. The molecule has 1 aromatic rings. The first-order valence-electron chi connectivity index (χ1n) is 8.72. The van der Waals surface area contributed by atoms with E-state index in [0.29, 0.717) is 24.3 Å². The zero-order valence-electron chi connectivity index (χ0n) is 15.1. The fourth-order valence-corrected chi connectivity index (χ4v) is 4.84. The van der Waals surface area contributed by atoms with Crippen LogP contribution in [0.1, 0.15) is 39.2 Å².